The standard InChI is InChI=1S/C9H14O3/c1-9(2,11)8(10)7-5-3-4-6-12-7/h5,11H,3-4,6H2,1-2H3. The first-order valence-electron chi connectivity index (χ1n) is 4.12. The normalized spacial score (nSPS) is 18.1. The van der Waals surface area contributed by atoms with Crippen LogP contribution >= 0.6 is 0 Å². The first-order valence-corrected chi connectivity index (χ1v) is 4.12. The molecular weight excluding hydrogens is 156 g/mol. The molecule has 68 valence electrons. The number of carbonyl (C=O) groups is 1. The summed E-state index contributed by atoms with van der Waals surface area (Å²) in [6, 6.07) is 0. The van der Waals surface area contributed by atoms with Gasteiger partial charge in [0.2, 0.25) is 5.78 Å². The lowest BCUT2D eigenvalue weighted by atomic mass is 10.0. The summed E-state index contributed by atoms with van der Waals surface area (Å²) in [6.07, 6.45) is 3.55. The van der Waals surface area contributed by atoms with Gasteiger partial charge in [-0.1, -0.05) is 0 Å². The number of hydrogen-bond acceptors (Lipinski definition) is 3. The van der Waals surface area contributed by atoms with Gasteiger partial charge < -0.3 is 9.84 Å². The minimum Gasteiger partial charge on any atom is -0.490 e. The lowest BCUT2D eigenvalue weighted by Gasteiger charge is -2.20. The van der Waals surface area contributed by atoms with E-state index in [1.54, 1.807) is 6.08 Å². The topological polar surface area (TPSA) is 46.5 Å². The Morgan fingerprint density at radius 2 is 2.33 bits per heavy atom. The van der Waals surface area contributed by atoms with Crippen LogP contribution in [0.3, 0.4) is 0 Å². The molecule has 1 heterocycles. The van der Waals surface area contributed by atoms with Crippen LogP contribution in [0.15, 0.2) is 11.8 Å². The molecule has 3 nitrogen and oxygen atoms in total. The molecule has 0 aliphatic carbocycles. The van der Waals surface area contributed by atoms with Gasteiger partial charge in [-0.05, 0) is 32.8 Å². The number of hydrogen-bond donors (Lipinski definition) is 1. The molecule has 1 N–H and O–H groups in total. The number of ketones is 1. The van der Waals surface area contributed by atoms with Gasteiger partial charge >= 0.3 is 0 Å². The maximum Gasteiger partial charge on any atom is 0.227 e. The zero-order valence-electron chi connectivity index (χ0n) is 7.46. The molecule has 1 rings (SSSR count). The molecule has 0 unspecified atom stereocenters. The summed E-state index contributed by atoms with van der Waals surface area (Å²) in [5.41, 5.74) is -1.32. The predicted molar refractivity (Wildman–Crippen MR) is 44.6 cm³/mol. The summed E-state index contributed by atoms with van der Waals surface area (Å²) >= 11 is 0. The van der Waals surface area contributed by atoms with Crippen LogP contribution in [0.2, 0.25) is 0 Å². The lowest BCUT2D eigenvalue weighted by molar-refractivity contribution is -0.134. The van der Waals surface area contributed by atoms with Crippen molar-refractivity contribution in [1.82, 2.24) is 0 Å². The number of allylic oxidation sites excluding steroid dienone is 1. The molecule has 0 saturated heterocycles. The highest BCUT2D eigenvalue weighted by molar-refractivity contribution is 5.99. The van der Waals surface area contributed by atoms with E-state index in [1.165, 1.54) is 13.8 Å². The number of Topliss-reactive ketones (excluding diaryl/α,β-unsaturated/α-hetero) is 1. The van der Waals surface area contributed by atoms with E-state index >= 15 is 0 Å². The third-order valence-electron chi connectivity index (χ3n) is 1.72. The second kappa shape index (κ2) is 3.27. The van der Waals surface area contributed by atoms with Crippen molar-refractivity contribution in [1.29, 1.82) is 0 Å². The van der Waals surface area contributed by atoms with Crippen molar-refractivity contribution < 1.29 is 14.6 Å². The molecule has 0 spiro atoms. The summed E-state index contributed by atoms with van der Waals surface area (Å²) in [5, 5.41) is 9.37. The van der Waals surface area contributed by atoms with Crippen molar-refractivity contribution in [3.8, 4) is 0 Å². The SMILES string of the molecule is CC(C)(O)C(=O)C1=CCCCO1. The molecular formula is C9H14O3. The second-order valence-corrected chi connectivity index (χ2v) is 3.45. The van der Waals surface area contributed by atoms with Gasteiger partial charge in [0.05, 0.1) is 6.61 Å². The van der Waals surface area contributed by atoms with Gasteiger partial charge in [-0.2, -0.15) is 0 Å². The van der Waals surface area contributed by atoms with Gasteiger partial charge in [-0.15, -0.1) is 0 Å². The highest BCUT2D eigenvalue weighted by Crippen LogP contribution is 2.16. The summed E-state index contributed by atoms with van der Waals surface area (Å²) in [7, 11) is 0. The van der Waals surface area contributed by atoms with Gasteiger partial charge in [0, 0.05) is 0 Å². The largest absolute Gasteiger partial charge is 0.490 e. The fraction of sp³-hybridized carbons (Fsp3) is 0.667. The zero-order valence-corrected chi connectivity index (χ0v) is 7.46. The van der Waals surface area contributed by atoms with Crippen LogP contribution in [0, 0.1) is 0 Å². The second-order valence-electron chi connectivity index (χ2n) is 3.45. The molecule has 0 radical (unpaired) electrons. The van der Waals surface area contributed by atoms with Gasteiger partial charge in [0.1, 0.15) is 5.60 Å². The number of ether oxygens (including phenoxy) is 1. The highest BCUT2D eigenvalue weighted by Gasteiger charge is 2.29. The number of carbonyl (C=O) groups excluding carboxylic acids is 1. The Balaban J connectivity index is 2.70. The van der Waals surface area contributed by atoms with Crippen molar-refractivity contribution in [2.24, 2.45) is 0 Å². The third kappa shape index (κ3) is 2.08. The van der Waals surface area contributed by atoms with Crippen LogP contribution in [0.5, 0.6) is 0 Å². The monoisotopic (exact) mass is 170 g/mol. The Kier molecular flexibility index (Phi) is 2.52. The fourth-order valence-electron chi connectivity index (χ4n) is 1.02. The van der Waals surface area contributed by atoms with E-state index in [0.717, 1.165) is 12.8 Å². The van der Waals surface area contributed by atoms with Crippen molar-refractivity contribution in [3.63, 3.8) is 0 Å². The fourth-order valence-corrected chi connectivity index (χ4v) is 1.02. The Hall–Kier alpha value is -0.830. The molecule has 0 bridgehead atoms. The van der Waals surface area contributed by atoms with E-state index in [1.807, 2.05) is 0 Å². The van der Waals surface area contributed by atoms with Crippen LogP contribution < -0.4 is 0 Å². The van der Waals surface area contributed by atoms with E-state index in [-0.39, 0.29) is 5.78 Å². The van der Waals surface area contributed by atoms with Crippen molar-refractivity contribution in [2.45, 2.75) is 32.3 Å². The van der Waals surface area contributed by atoms with E-state index in [4.69, 9.17) is 4.74 Å². The molecule has 0 fully saturated rings. The first-order chi connectivity index (χ1) is 5.52. The van der Waals surface area contributed by atoms with Crippen molar-refractivity contribution in [2.75, 3.05) is 6.61 Å². The van der Waals surface area contributed by atoms with Crippen LogP contribution in [0.4, 0.5) is 0 Å². The first kappa shape index (κ1) is 9.26. The van der Waals surface area contributed by atoms with E-state index in [2.05, 4.69) is 0 Å². The maximum atomic E-state index is 11.4. The minimum atomic E-state index is -1.32. The third-order valence-corrected chi connectivity index (χ3v) is 1.72. The van der Waals surface area contributed by atoms with E-state index in [0.29, 0.717) is 12.4 Å². The van der Waals surface area contributed by atoms with Crippen LogP contribution in [-0.2, 0) is 9.53 Å². The number of rotatable bonds is 2. The highest BCUT2D eigenvalue weighted by atomic mass is 16.5. The summed E-state index contributed by atoms with van der Waals surface area (Å²) < 4.78 is 5.12. The average Bonchev–Trinajstić information content (AvgIpc) is 2.03. The molecule has 0 saturated carbocycles. The molecule has 0 aromatic heterocycles. The summed E-state index contributed by atoms with van der Waals surface area (Å²) in [4.78, 5) is 11.4. The van der Waals surface area contributed by atoms with Crippen LogP contribution in [0.25, 0.3) is 0 Å². The quantitative estimate of drug-likeness (QED) is 0.673. The molecule has 0 amide bonds. The predicted octanol–water partition coefficient (Wildman–Crippen LogP) is 1.02. The Morgan fingerprint density at radius 3 is 2.75 bits per heavy atom. The Labute approximate surface area is 72.0 Å². The minimum absolute atomic E-state index is 0.314. The van der Waals surface area contributed by atoms with Crippen LogP contribution in [0.1, 0.15) is 26.7 Å². The lowest BCUT2D eigenvalue weighted by Crippen LogP contribution is -2.33. The van der Waals surface area contributed by atoms with E-state index < -0.39 is 5.60 Å². The smallest absolute Gasteiger partial charge is 0.227 e. The van der Waals surface area contributed by atoms with Crippen LogP contribution in [-0.4, -0.2) is 23.1 Å². The summed E-state index contributed by atoms with van der Waals surface area (Å²) in [5.74, 6) is -0.0176. The number of aliphatic hydroxyl groups is 1. The van der Waals surface area contributed by atoms with Crippen molar-refractivity contribution in [3.05, 3.63) is 11.8 Å². The molecule has 1 aliphatic heterocycles. The molecule has 1 aliphatic rings. The average molecular weight is 170 g/mol. The Morgan fingerprint density at radius 1 is 1.67 bits per heavy atom. The molecule has 3 heteroatoms. The van der Waals surface area contributed by atoms with Gasteiger partial charge in [-0.3, -0.25) is 4.79 Å². The van der Waals surface area contributed by atoms with Crippen molar-refractivity contribution >= 4 is 5.78 Å². The Bertz CT molecular complexity index is 210. The van der Waals surface area contributed by atoms with Gasteiger partial charge in [0.15, 0.2) is 5.76 Å². The molecule has 0 atom stereocenters. The summed E-state index contributed by atoms with van der Waals surface area (Å²) in [6.45, 7) is 3.51. The maximum absolute atomic E-state index is 11.4. The van der Waals surface area contributed by atoms with Gasteiger partial charge in [0.25, 0.3) is 0 Å². The molecule has 0 aromatic carbocycles. The van der Waals surface area contributed by atoms with E-state index in [9.17, 15) is 9.90 Å². The zero-order chi connectivity index (χ0) is 9.19. The van der Waals surface area contributed by atoms with Gasteiger partial charge in [-0.25, -0.2) is 0 Å². The molecule has 0 aromatic rings. The molecule has 12 heavy (non-hydrogen) atoms.